The molecule has 26 heavy (non-hydrogen) atoms. The zero-order chi connectivity index (χ0) is 16.4. The Balaban J connectivity index is 0.00000208. The molecule has 3 rings (SSSR count). The van der Waals surface area contributed by atoms with E-state index < -0.39 is 0 Å². The van der Waals surface area contributed by atoms with Crippen LogP contribution in [0.15, 0.2) is 81.8 Å². The van der Waals surface area contributed by atoms with Crippen molar-refractivity contribution in [2.75, 3.05) is 5.75 Å². The van der Waals surface area contributed by atoms with Crippen LogP contribution in [0.2, 0.25) is 0 Å². The first kappa shape index (κ1) is 25.7. The Labute approximate surface area is 190 Å². The van der Waals surface area contributed by atoms with E-state index in [0.29, 0.717) is 11.8 Å². The number of hydrogen-bond acceptors (Lipinski definition) is 1. The van der Waals surface area contributed by atoms with Crippen LogP contribution in [0.1, 0.15) is 27.7 Å². The van der Waals surface area contributed by atoms with E-state index in [-0.39, 0.29) is 46.5 Å². The molecule has 0 bridgehead atoms. The molecule has 0 saturated heterocycles. The summed E-state index contributed by atoms with van der Waals surface area (Å²) in [4.78, 5) is 1.35. The number of halogens is 2. The Morgan fingerprint density at radius 1 is 0.962 bits per heavy atom. The van der Waals surface area contributed by atoms with E-state index in [9.17, 15) is 0 Å². The molecule has 0 aliphatic heterocycles. The second kappa shape index (κ2) is 11.5. The summed E-state index contributed by atoms with van der Waals surface area (Å²) in [5.74, 6) is 3.65. The van der Waals surface area contributed by atoms with Crippen molar-refractivity contribution in [3.05, 3.63) is 82.8 Å². The Kier molecular flexibility index (Phi) is 11.4. The van der Waals surface area contributed by atoms with Gasteiger partial charge in [-0.25, -0.2) is 0 Å². The largest absolute Gasteiger partial charge is 3.00 e. The summed E-state index contributed by atoms with van der Waals surface area (Å²) in [6.07, 6.45) is 9.08. The van der Waals surface area contributed by atoms with Crippen LogP contribution < -0.4 is 24.8 Å². The van der Waals surface area contributed by atoms with E-state index in [1.54, 1.807) is 5.57 Å². The Morgan fingerprint density at radius 2 is 1.62 bits per heavy atom. The maximum absolute atomic E-state index is 2.36. The summed E-state index contributed by atoms with van der Waals surface area (Å²) in [5.41, 5.74) is 6.05. The van der Waals surface area contributed by atoms with Crippen LogP contribution in [0.25, 0.3) is 0 Å². The average molecular weight is 440 g/mol. The summed E-state index contributed by atoms with van der Waals surface area (Å²) in [7, 11) is 0. The van der Waals surface area contributed by atoms with Crippen LogP contribution in [0, 0.1) is 17.8 Å². The van der Waals surface area contributed by atoms with Crippen molar-refractivity contribution in [2.24, 2.45) is 11.8 Å². The molecule has 0 heterocycles. The van der Waals surface area contributed by atoms with Gasteiger partial charge in [-0.2, -0.15) is 12.2 Å². The van der Waals surface area contributed by atoms with E-state index in [2.05, 4.69) is 82.3 Å². The fourth-order valence-electron chi connectivity index (χ4n) is 3.55. The van der Waals surface area contributed by atoms with Gasteiger partial charge >= 0.3 is 21.7 Å². The van der Waals surface area contributed by atoms with E-state index in [0.717, 1.165) is 5.75 Å². The molecule has 0 saturated carbocycles. The molecule has 1 aromatic rings. The fourth-order valence-corrected chi connectivity index (χ4v) is 4.56. The van der Waals surface area contributed by atoms with Crippen LogP contribution in [0.4, 0.5) is 0 Å². The van der Waals surface area contributed by atoms with Crippen LogP contribution in [0.5, 0.6) is 0 Å². The third-order valence-electron chi connectivity index (χ3n) is 5.25. The minimum atomic E-state index is 0. The second-order valence-electron chi connectivity index (χ2n) is 6.50. The normalized spacial score (nSPS) is 21.3. The Bertz CT molecular complexity index is 704. The topological polar surface area (TPSA) is 0 Å². The molecular formula is C22H25Cl2STi. The van der Waals surface area contributed by atoms with Crippen molar-refractivity contribution in [3.8, 4) is 0 Å². The van der Waals surface area contributed by atoms with Gasteiger partial charge in [0.05, 0.1) is 0 Å². The summed E-state index contributed by atoms with van der Waals surface area (Å²) in [5, 5.41) is 0. The molecule has 0 aromatic heterocycles. The summed E-state index contributed by atoms with van der Waals surface area (Å²) in [6, 6.07) is 10.7. The summed E-state index contributed by atoms with van der Waals surface area (Å²) in [6.45, 7) is 9.20. The van der Waals surface area contributed by atoms with Gasteiger partial charge in [0.2, 0.25) is 0 Å². The molecule has 4 heteroatoms. The zero-order valence-corrected chi connectivity index (χ0v) is 19.6. The standard InChI is InChI=1S/C22H25S.2ClH.Ti/c1-15-16(2)18(4)22(17(15)3)21-13-9-8-10-19(21)14-23-20-11-6-5-7-12-20;;;/h5-13,17,19H,14H2,1-4H3;2*1H;/q-1;;;+3/p-2. The monoisotopic (exact) mass is 439 g/mol. The summed E-state index contributed by atoms with van der Waals surface area (Å²) >= 11 is 1.95. The smallest absolute Gasteiger partial charge is 1.00 e. The molecule has 0 N–H and O–H groups in total. The van der Waals surface area contributed by atoms with Crippen molar-refractivity contribution < 1.29 is 46.5 Å². The van der Waals surface area contributed by atoms with Crippen LogP contribution in [0.3, 0.4) is 0 Å². The van der Waals surface area contributed by atoms with Gasteiger partial charge < -0.3 is 24.8 Å². The molecule has 0 amide bonds. The van der Waals surface area contributed by atoms with Gasteiger partial charge in [-0.15, -0.1) is 40.5 Å². The van der Waals surface area contributed by atoms with Crippen molar-refractivity contribution in [2.45, 2.75) is 32.6 Å². The second-order valence-corrected chi connectivity index (χ2v) is 7.59. The molecular weight excluding hydrogens is 415 g/mol. The average Bonchev–Trinajstić information content (AvgIpc) is 2.78. The SMILES string of the molecule is CC1=C(C)C(C)C([C-]2C=CC=CC2CSc2ccccc2)=C1C.[Cl-].[Cl-].[Ti+3]. The van der Waals surface area contributed by atoms with Gasteiger partial charge in [-0.05, 0) is 36.6 Å². The third kappa shape index (κ3) is 5.36. The molecule has 1 radical (unpaired) electrons. The van der Waals surface area contributed by atoms with Crippen LogP contribution in [-0.2, 0) is 21.7 Å². The van der Waals surface area contributed by atoms with E-state index in [4.69, 9.17) is 0 Å². The van der Waals surface area contributed by atoms with Gasteiger partial charge in [0.15, 0.2) is 0 Å². The van der Waals surface area contributed by atoms with Crippen molar-refractivity contribution in [3.63, 3.8) is 0 Å². The number of allylic oxidation sites excluding steroid dienone is 8. The Hall–Kier alpha value is -0.306. The van der Waals surface area contributed by atoms with Crippen molar-refractivity contribution >= 4 is 11.8 Å². The van der Waals surface area contributed by atoms with Crippen LogP contribution in [-0.4, -0.2) is 5.75 Å². The van der Waals surface area contributed by atoms with E-state index in [1.165, 1.54) is 27.5 Å². The number of thioether (sulfide) groups is 1. The maximum Gasteiger partial charge on any atom is 3.00 e. The van der Waals surface area contributed by atoms with Gasteiger partial charge in [-0.1, -0.05) is 50.6 Å². The predicted octanol–water partition coefficient (Wildman–Crippen LogP) is 0.403. The quantitative estimate of drug-likeness (QED) is 0.372. The third-order valence-corrected chi connectivity index (χ3v) is 6.39. The zero-order valence-electron chi connectivity index (χ0n) is 15.7. The van der Waals surface area contributed by atoms with Gasteiger partial charge in [-0.3, -0.25) is 0 Å². The minimum absolute atomic E-state index is 0. The van der Waals surface area contributed by atoms with Gasteiger partial charge in [0.25, 0.3) is 0 Å². The minimum Gasteiger partial charge on any atom is -1.00 e. The molecule has 2 unspecified atom stereocenters. The number of hydrogen-bond donors (Lipinski definition) is 0. The molecule has 0 spiro atoms. The van der Waals surface area contributed by atoms with Crippen LogP contribution >= 0.6 is 11.8 Å². The molecule has 0 fully saturated rings. The van der Waals surface area contributed by atoms with Crippen molar-refractivity contribution in [1.82, 2.24) is 0 Å². The Morgan fingerprint density at radius 3 is 2.19 bits per heavy atom. The number of rotatable bonds is 4. The molecule has 2 aliphatic carbocycles. The molecule has 2 aliphatic rings. The molecule has 137 valence electrons. The fraction of sp³-hybridized carbons (Fsp3) is 0.318. The van der Waals surface area contributed by atoms with E-state index in [1.807, 2.05) is 11.8 Å². The summed E-state index contributed by atoms with van der Waals surface area (Å²) < 4.78 is 0. The first-order chi connectivity index (χ1) is 11.1. The van der Waals surface area contributed by atoms with Crippen molar-refractivity contribution in [1.29, 1.82) is 0 Å². The van der Waals surface area contributed by atoms with E-state index >= 15 is 0 Å². The molecule has 2 atom stereocenters. The first-order valence-corrected chi connectivity index (χ1v) is 9.36. The molecule has 1 aromatic carbocycles. The predicted molar refractivity (Wildman–Crippen MR) is 102 cm³/mol. The molecule has 0 nitrogen and oxygen atoms in total. The van der Waals surface area contributed by atoms with Gasteiger partial charge in [0, 0.05) is 4.90 Å². The maximum atomic E-state index is 2.36. The first-order valence-electron chi connectivity index (χ1n) is 8.38. The number of benzene rings is 1. The van der Waals surface area contributed by atoms with Gasteiger partial charge in [0.1, 0.15) is 0 Å².